The molecule has 6 heteroatoms. The Morgan fingerprint density at radius 2 is 0.850 bits per heavy atom. The zero-order valence-electron chi connectivity index (χ0n) is 22.5. The van der Waals surface area contributed by atoms with Crippen molar-refractivity contribution in [1.29, 1.82) is 0 Å². The van der Waals surface area contributed by atoms with Gasteiger partial charge in [-0.05, 0) is 22.3 Å². The van der Waals surface area contributed by atoms with E-state index in [1.165, 1.54) is 0 Å². The molecule has 208 valence electrons. The van der Waals surface area contributed by atoms with E-state index in [2.05, 4.69) is 0 Å². The van der Waals surface area contributed by atoms with E-state index in [0.717, 1.165) is 28.5 Å². The summed E-state index contributed by atoms with van der Waals surface area (Å²) >= 11 is 0. The van der Waals surface area contributed by atoms with Crippen LogP contribution in [0.4, 0.5) is 0 Å². The van der Waals surface area contributed by atoms with Crippen molar-refractivity contribution in [2.24, 2.45) is 0 Å². The second kappa shape index (κ2) is 16.5. The summed E-state index contributed by atoms with van der Waals surface area (Å²) in [6.45, 7) is 0.620. The van der Waals surface area contributed by atoms with Gasteiger partial charge in [-0.3, -0.25) is 0 Å². The van der Waals surface area contributed by atoms with Crippen LogP contribution in [0.15, 0.2) is 121 Å². The lowest BCUT2D eigenvalue weighted by Gasteiger charge is -2.35. The largest absolute Gasteiger partial charge is 0.394 e. The first-order valence-electron chi connectivity index (χ1n) is 13.4. The van der Waals surface area contributed by atoms with Crippen LogP contribution in [-0.2, 0) is 50.2 Å². The second-order valence-corrected chi connectivity index (χ2v) is 9.44. The van der Waals surface area contributed by atoms with Crippen molar-refractivity contribution in [2.75, 3.05) is 6.61 Å². The van der Waals surface area contributed by atoms with Crippen LogP contribution in [0.5, 0.6) is 0 Å². The minimum atomic E-state index is -0.973. The van der Waals surface area contributed by atoms with Crippen LogP contribution in [0, 0.1) is 0 Å². The number of aliphatic hydroxyl groups is 1. The Hall–Kier alpha value is -3.65. The van der Waals surface area contributed by atoms with E-state index in [0.29, 0.717) is 0 Å². The van der Waals surface area contributed by atoms with Crippen LogP contribution in [-0.4, -0.2) is 42.4 Å². The third-order valence-corrected chi connectivity index (χ3v) is 6.49. The van der Waals surface area contributed by atoms with Crippen molar-refractivity contribution in [2.45, 2.75) is 50.8 Å². The minimum Gasteiger partial charge on any atom is -0.394 e. The quantitative estimate of drug-likeness (QED) is 0.178. The molecule has 0 aliphatic carbocycles. The molecule has 0 radical (unpaired) electrons. The average molecular weight is 541 g/mol. The number of aldehydes is 1. The van der Waals surface area contributed by atoms with E-state index >= 15 is 0 Å². The highest BCUT2D eigenvalue weighted by Crippen LogP contribution is 2.22. The minimum absolute atomic E-state index is 0.218. The Balaban J connectivity index is 1.60. The van der Waals surface area contributed by atoms with Crippen molar-refractivity contribution in [1.82, 2.24) is 0 Å². The number of rotatable bonds is 17. The van der Waals surface area contributed by atoms with Crippen molar-refractivity contribution < 1.29 is 28.8 Å². The highest BCUT2D eigenvalue weighted by molar-refractivity contribution is 5.57. The number of ether oxygens (including phenoxy) is 4. The van der Waals surface area contributed by atoms with Gasteiger partial charge in [0.1, 0.15) is 24.4 Å². The van der Waals surface area contributed by atoms with Gasteiger partial charge in [0.2, 0.25) is 0 Å². The van der Waals surface area contributed by atoms with E-state index < -0.39 is 24.4 Å². The smallest absolute Gasteiger partial charge is 0.151 e. The predicted octanol–water partition coefficient (Wildman–Crippen LogP) is 5.52. The molecule has 0 aromatic heterocycles. The molecule has 4 atom stereocenters. The van der Waals surface area contributed by atoms with Gasteiger partial charge in [-0.2, -0.15) is 0 Å². The number of benzene rings is 4. The standard InChI is InChI=1S/C34H36O6/c35-21-31(37-23-27-13-5-1-6-14-27)33(39-25-29-17-9-3-10-18-29)34(40-26-30-19-11-4-12-20-30)32(22-36)38-24-28-15-7-2-8-16-28/h1-21,31-34,36H,22-26H2/t31-,32+,33-,34+/m1/s1. The molecular weight excluding hydrogens is 504 g/mol. The fraction of sp³-hybridized carbons (Fsp3) is 0.265. The summed E-state index contributed by atoms with van der Waals surface area (Å²) in [6.07, 6.45) is -2.70. The van der Waals surface area contributed by atoms with E-state index in [1.807, 2.05) is 121 Å². The molecule has 1 N–H and O–H groups in total. The van der Waals surface area contributed by atoms with Gasteiger partial charge in [-0.15, -0.1) is 0 Å². The normalized spacial score (nSPS) is 14.2. The number of carbonyl (C=O) groups is 1. The van der Waals surface area contributed by atoms with Gasteiger partial charge in [-0.25, -0.2) is 0 Å². The summed E-state index contributed by atoms with van der Waals surface area (Å²) in [7, 11) is 0. The molecule has 4 aromatic carbocycles. The van der Waals surface area contributed by atoms with Crippen molar-refractivity contribution in [3.05, 3.63) is 144 Å². The zero-order chi connectivity index (χ0) is 27.8. The van der Waals surface area contributed by atoms with Gasteiger partial charge in [0.05, 0.1) is 33.0 Å². The third kappa shape index (κ3) is 9.23. The summed E-state index contributed by atoms with van der Waals surface area (Å²) in [6, 6.07) is 38.8. The number of hydrogen-bond donors (Lipinski definition) is 1. The number of hydrogen-bond acceptors (Lipinski definition) is 6. The molecule has 0 amide bonds. The molecular formula is C34H36O6. The molecule has 0 spiro atoms. The summed E-state index contributed by atoms with van der Waals surface area (Å²) in [5.41, 5.74) is 3.77. The highest BCUT2D eigenvalue weighted by Gasteiger charge is 2.38. The molecule has 0 aliphatic heterocycles. The van der Waals surface area contributed by atoms with Crippen LogP contribution < -0.4 is 0 Å². The molecule has 0 aliphatic rings. The lowest BCUT2D eigenvalue weighted by Crippen LogP contribution is -2.51. The topological polar surface area (TPSA) is 74.2 Å². The molecule has 0 unspecified atom stereocenters. The lowest BCUT2D eigenvalue weighted by atomic mass is 10.0. The van der Waals surface area contributed by atoms with Gasteiger partial charge < -0.3 is 28.8 Å². The van der Waals surface area contributed by atoms with Crippen LogP contribution in [0.3, 0.4) is 0 Å². The number of aliphatic hydroxyl groups excluding tert-OH is 1. The van der Waals surface area contributed by atoms with Crippen molar-refractivity contribution in [3.63, 3.8) is 0 Å². The first-order valence-corrected chi connectivity index (χ1v) is 13.4. The van der Waals surface area contributed by atoms with Gasteiger partial charge >= 0.3 is 0 Å². The second-order valence-electron chi connectivity index (χ2n) is 9.44. The Bertz CT molecular complexity index is 1220. The Kier molecular flexibility index (Phi) is 12.1. The summed E-state index contributed by atoms with van der Waals surface area (Å²) in [4.78, 5) is 12.5. The Morgan fingerprint density at radius 1 is 0.500 bits per heavy atom. The first kappa shape index (κ1) is 29.3. The average Bonchev–Trinajstić information content (AvgIpc) is 3.02. The fourth-order valence-corrected chi connectivity index (χ4v) is 4.33. The van der Waals surface area contributed by atoms with Crippen LogP contribution in [0.25, 0.3) is 0 Å². The van der Waals surface area contributed by atoms with Crippen LogP contribution >= 0.6 is 0 Å². The SMILES string of the molecule is O=C[C@@H](OCc1ccccc1)[C@@H](OCc1ccccc1)[C@@H](OCc1ccccc1)[C@H](CO)OCc1ccccc1. The molecule has 6 nitrogen and oxygen atoms in total. The van der Waals surface area contributed by atoms with Gasteiger partial charge in [-0.1, -0.05) is 121 Å². The zero-order valence-corrected chi connectivity index (χ0v) is 22.5. The maximum atomic E-state index is 12.5. The first-order chi connectivity index (χ1) is 19.8. The van der Waals surface area contributed by atoms with E-state index in [4.69, 9.17) is 18.9 Å². The molecule has 0 bridgehead atoms. The fourth-order valence-electron chi connectivity index (χ4n) is 4.33. The van der Waals surface area contributed by atoms with Gasteiger partial charge in [0.15, 0.2) is 6.29 Å². The van der Waals surface area contributed by atoms with E-state index in [-0.39, 0.29) is 33.0 Å². The van der Waals surface area contributed by atoms with Crippen LogP contribution in [0.2, 0.25) is 0 Å². The molecule has 0 saturated carbocycles. The summed E-state index contributed by atoms with van der Waals surface area (Å²) in [5, 5.41) is 10.5. The van der Waals surface area contributed by atoms with Crippen molar-refractivity contribution >= 4 is 6.29 Å². The molecule has 4 rings (SSSR count). The summed E-state index contributed by atoms with van der Waals surface area (Å²) in [5.74, 6) is 0. The van der Waals surface area contributed by atoms with E-state index in [1.54, 1.807) is 0 Å². The molecule has 0 saturated heterocycles. The molecule has 0 heterocycles. The molecule has 40 heavy (non-hydrogen) atoms. The van der Waals surface area contributed by atoms with E-state index in [9.17, 15) is 9.90 Å². The molecule has 0 fully saturated rings. The van der Waals surface area contributed by atoms with Gasteiger partial charge in [0, 0.05) is 0 Å². The third-order valence-electron chi connectivity index (χ3n) is 6.49. The maximum Gasteiger partial charge on any atom is 0.151 e. The highest BCUT2D eigenvalue weighted by atomic mass is 16.6. The maximum absolute atomic E-state index is 12.5. The van der Waals surface area contributed by atoms with Crippen molar-refractivity contribution in [3.8, 4) is 0 Å². The lowest BCUT2D eigenvalue weighted by molar-refractivity contribution is -0.194. The summed E-state index contributed by atoms with van der Waals surface area (Å²) < 4.78 is 25.1. The van der Waals surface area contributed by atoms with Crippen LogP contribution in [0.1, 0.15) is 22.3 Å². The Labute approximate surface area is 236 Å². The molecule has 4 aromatic rings. The Morgan fingerprint density at radius 3 is 1.23 bits per heavy atom. The number of carbonyl (C=O) groups excluding carboxylic acids is 1. The monoisotopic (exact) mass is 540 g/mol. The van der Waals surface area contributed by atoms with Gasteiger partial charge in [0.25, 0.3) is 0 Å². The predicted molar refractivity (Wildman–Crippen MR) is 153 cm³/mol.